The number of ether oxygens (including phenoxy) is 1. The van der Waals surface area contributed by atoms with Crippen molar-refractivity contribution in [2.45, 2.75) is 44.7 Å². The number of carbonyl (C=O) groups excluding carboxylic acids is 2. The number of rotatable bonds is 7. The van der Waals surface area contributed by atoms with E-state index in [1.165, 1.54) is 18.4 Å². The highest BCUT2D eigenvalue weighted by atomic mass is 19.1. The number of hydrogen-bond acceptors (Lipinski definition) is 5. The lowest BCUT2D eigenvalue weighted by Gasteiger charge is -2.22. The fourth-order valence-corrected chi connectivity index (χ4v) is 2.98. The van der Waals surface area contributed by atoms with Crippen LogP contribution in [0, 0.1) is 5.82 Å². The molecular formula is C20H24FN3O4. The van der Waals surface area contributed by atoms with E-state index < -0.39 is 6.04 Å². The molecule has 0 radical (unpaired) electrons. The summed E-state index contributed by atoms with van der Waals surface area (Å²) in [6, 6.07) is 5.66. The smallest absolute Gasteiger partial charge is 0.273 e. The molecule has 7 nitrogen and oxygen atoms in total. The lowest BCUT2D eigenvalue weighted by atomic mass is 10.1. The number of carbonyl (C=O) groups is 2. The zero-order valence-electron chi connectivity index (χ0n) is 15.7. The molecule has 0 unspecified atom stereocenters. The first-order chi connectivity index (χ1) is 13.5. The second-order valence-electron chi connectivity index (χ2n) is 6.85. The van der Waals surface area contributed by atoms with Crippen LogP contribution in [-0.4, -0.2) is 36.1 Å². The molecule has 3 rings (SSSR count). The number of nitrogens with one attached hydrogen (secondary N) is 2. The minimum absolute atomic E-state index is 0.0741. The molecule has 1 fully saturated rings. The molecule has 2 heterocycles. The van der Waals surface area contributed by atoms with Crippen LogP contribution in [0.5, 0.6) is 0 Å². The Kier molecular flexibility index (Phi) is 6.76. The van der Waals surface area contributed by atoms with E-state index in [9.17, 15) is 14.0 Å². The van der Waals surface area contributed by atoms with E-state index in [0.29, 0.717) is 19.6 Å². The molecule has 0 spiro atoms. The summed E-state index contributed by atoms with van der Waals surface area (Å²) in [4.78, 5) is 28.6. The summed E-state index contributed by atoms with van der Waals surface area (Å²) in [7, 11) is 0. The monoisotopic (exact) mass is 389 g/mol. The van der Waals surface area contributed by atoms with Crippen molar-refractivity contribution in [1.29, 1.82) is 0 Å². The fourth-order valence-electron chi connectivity index (χ4n) is 2.98. The number of nitrogens with zero attached hydrogens (tertiary/aromatic N) is 1. The first-order valence-electron chi connectivity index (χ1n) is 9.39. The van der Waals surface area contributed by atoms with Crippen LogP contribution in [0.4, 0.5) is 4.39 Å². The quantitative estimate of drug-likeness (QED) is 0.759. The van der Waals surface area contributed by atoms with Crippen LogP contribution in [0.3, 0.4) is 0 Å². The standard InChI is InChI=1S/C20H24FN3O4/c1-13(22-18(25)7-4-14-2-5-15(21)6-3-14)20-24-17(12-28-20)19(26)23-16-8-10-27-11-9-16/h2-3,5-6,12-13,16H,4,7-11H2,1H3,(H,22,25)(H,23,26)/t13-/m0/s1. The summed E-state index contributed by atoms with van der Waals surface area (Å²) in [5.41, 5.74) is 1.07. The molecule has 28 heavy (non-hydrogen) atoms. The first kappa shape index (κ1) is 20.0. The Morgan fingerprint density at radius 1 is 1.25 bits per heavy atom. The number of amides is 2. The van der Waals surface area contributed by atoms with Crippen molar-refractivity contribution in [3.8, 4) is 0 Å². The van der Waals surface area contributed by atoms with Gasteiger partial charge < -0.3 is 19.8 Å². The van der Waals surface area contributed by atoms with E-state index in [-0.39, 0.29) is 41.7 Å². The molecular weight excluding hydrogens is 365 g/mol. The van der Waals surface area contributed by atoms with Crippen LogP contribution in [0.2, 0.25) is 0 Å². The number of aromatic nitrogens is 1. The van der Waals surface area contributed by atoms with Gasteiger partial charge in [0.25, 0.3) is 5.91 Å². The molecule has 0 bridgehead atoms. The Bertz CT molecular complexity index is 800. The van der Waals surface area contributed by atoms with E-state index in [1.54, 1.807) is 19.1 Å². The molecule has 0 aliphatic carbocycles. The second-order valence-corrected chi connectivity index (χ2v) is 6.85. The van der Waals surface area contributed by atoms with Crippen LogP contribution in [0.15, 0.2) is 34.9 Å². The SMILES string of the molecule is C[C@H](NC(=O)CCc1ccc(F)cc1)c1nc(C(=O)NC2CCOCC2)co1. The molecule has 1 saturated heterocycles. The van der Waals surface area contributed by atoms with Crippen LogP contribution in [0.25, 0.3) is 0 Å². The highest BCUT2D eigenvalue weighted by Crippen LogP contribution is 2.14. The summed E-state index contributed by atoms with van der Waals surface area (Å²) in [5, 5.41) is 5.71. The van der Waals surface area contributed by atoms with Gasteiger partial charge >= 0.3 is 0 Å². The van der Waals surface area contributed by atoms with Crippen molar-refractivity contribution in [3.05, 3.63) is 53.5 Å². The average Bonchev–Trinajstić information content (AvgIpc) is 3.19. The predicted octanol–water partition coefficient (Wildman–Crippen LogP) is 2.53. The highest BCUT2D eigenvalue weighted by Gasteiger charge is 2.21. The molecule has 1 aromatic heterocycles. The lowest BCUT2D eigenvalue weighted by molar-refractivity contribution is -0.121. The van der Waals surface area contributed by atoms with E-state index >= 15 is 0 Å². The first-order valence-corrected chi connectivity index (χ1v) is 9.39. The molecule has 0 saturated carbocycles. The Morgan fingerprint density at radius 3 is 2.68 bits per heavy atom. The molecule has 8 heteroatoms. The number of oxazole rings is 1. The molecule has 1 aliphatic heterocycles. The number of benzene rings is 1. The van der Waals surface area contributed by atoms with Gasteiger partial charge in [-0.25, -0.2) is 9.37 Å². The van der Waals surface area contributed by atoms with Gasteiger partial charge in [0.05, 0.1) is 0 Å². The zero-order chi connectivity index (χ0) is 19.9. The lowest BCUT2D eigenvalue weighted by Crippen LogP contribution is -2.39. The molecule has 2 amide bonds. The average molecular weight is 389 g/mol. The minimum Gasteiger partial charge on any atom is -0.446 e. The van der Waals surface area contributed by atoms with Crippen LogP contribution in [-0.2, 0) is 16.0 Å². The van der Waals surface area contributed by atoms with Crippen molar-refractivity contribution in [3.63, 3.8) is 0 Å². The molecule has 2 N–H and O–H groups in total. The second kappa shape index (κ2) is 9.45. The van der Waals surface area contributed by atoms with Gasteiger partial charge in [0.1, 0.15) is 18.1 Å². The fraction of sp³-hybridized carbons (Fsp3) is 0.450. The van der Waals surface area contributed by atoms with E-state index in [2.05, 4.69) is 15.6 Å². The van der Waals surface area contributed by atoms with Crippen LogP contribution >= 0.6 is 0 Å². The Hall–Kier alpha value is -2.74. The van der Waals surface area contributed by atoms with Crippen molar-refractivity contribution in [1.82, 2.24) is 15.6 Å². The summed E-state index contributed by atoms with van der Waals surface area (Å²) in [6.45, 7) is 3.01. The number of aryl methyl sites for hydroxylation is 1. The van der Waals surface area contributed by atoms with E-state index in [1.807, 2.05) is 0 Å². The summed E-state index contributed by atoms with van der Waals surface area (Å²) in [5.74, 6) is -0.505. The van der Waals surface area contributed by atoms with Gasteiger partial charge in [-0.05, 0) is 43.9 Å². The number of hydrogen-bond donors (Lipinski definition) is 2. The van der Waals surface area contributed by atoms with Crippen molar-refractivity contribution >= 4 is 11.8 Å². The van der Waals surface area contributed by atoms with Gasteiger partial charge in [0.15, 0.2) is 5.69 Å². The third-order valence-electron chi connectivity index (χ3n) is 4.61. The van der Waals surface area contributed by atoms with Gasteiger partial charge in [-0.3, -0.25) is 9.59 Å². The van der Waals surface area contributed by atoms with Gasteiger partial charge in [-0.15, -0.1) is 0 Å². The normalized spacial score (nSPS) is 15.8. The summed E-state index contributed by atoms with van der Waals surface area (Å²) >= 11 is 0. The van der Waals surface area contributed by atoms with Gasteiger partial charge in [-0.1, -0.05) is 12.1 Å². The third-order valence-corrected chi connectivity index (χ3v) is 4.61. The molecule has 150 valence electrons. The molecule has 1 atom stereocenters. The van der Waals surface area contributed by atoms with Crippen molar-refractivity contribution < 1.29 is 23.1 Å². The zero-order valence-corrected chi connectivity index (χ0v) is 15.7. The number of halogens is 1. The van der Waals surface area contributed by atoms with Gasteiger partial charge in [0.2, 0.25) is 11.8 Å². The van der Waals surface area contributed by atoms with Gasteiger partial charge in [0, 0.05) is 25.7 Å². The molecule has 2 aromatic rings. The molecule has 1 aromatic carbocycles. The van der Waals surface area contributed by atoms with E-state index in [4.69, 9.17) is 9.15 Å². The Labute approximate surface area is 162 Å². The molecule has 1 aliphatic rings. The maximum atomic E-state index is 12.9. The maximum absolute atomic E-state index is 12.9. The van der Waals surface area contributed by atoms with Crippen LogP contribution in [0.1, 0.15) is 54.2 Å². The van der Waals surface area contributed by atoms with Crippen LogP contribution < -0.4 is 10.6 Å². The van der Waals surface area contributed by atoms with Gasteiger partial charge in [-0.2, -0.15) is 0 Å². The van der Waals surface area contributed by atoms with Crippen molar-refractivity contribution in [2.75, 3.05) is 13.2 Å². The minimum atomic E-state index is -0.467. The van der Waals surface area contributed by atoms with Crippen molar-refractivity contribution in [2.24, 2.45) is 0 Å². The Morgan fingerprint density at radius 2 is 1.96 bits per heavy atom. The third kappa shape index (κ3) is 5.63. The predicted molar refractivity (Wildman–Crippen MR) is 99.1 cm³/mol. The topological polar surface area (TPSA) is 93.5 Å². The largest absolute Gasteiger partial charge is 0.446 e. The maximum Gasteiger partial charge on any atom is 0.273 e. The van der Waals surface area contributed by atoms with E-state index in [0.717, 1.165) is 18.4 Å². The summed E-state index contributed by atoms with van der Waals surface area (Å²) in [6.07, 6.45) is 3.61. The Balaban J connectivity index is 1.47. The summed E-state index contributed by atoms with van der Waals surface area (Å²) < 4.78 is 23.5. The highest BCUT2D eigenvalue weighted by molar-refractivity contribution is 5.92.